The molecular weight excluding hydrogens is 334 g/mol. The number of rotatable bonds is 6. The second-order valence-corrected chi connectivity index (χ2v) is 4.92. The van der Waals surface area contributed by atoms with Gasteiger partial charge in [0.1, 0.15) is 11.6 Å². The number of amides is 2. The van der Waals surface area contributed by atoms with Gasteiger partial charge in [0.2, 0.25) is 5.91 Å². The fourth-order valence-corrected chi connectivity index (χ4v) is 2.05. The molecule has 0 saturated heterocycles. The molecule has 0 atom stereocenters. The highest BCUT2D eigenvalue weighted by molar-refractivity contribution is 5.99. The van der Waals surface area contributed by atoms with Crippen LogP contribution in [-0.4, -0.2) is 32.6 Å². The van der Waals surface area contributed by atoms with Gasteiger partial charge in [0, 0.05) is 17.8 Å². The summed E-state index contributed by atoms with van der Waals surface area (Å²) in [5, 5.41) is 4.82. The van der Waals surface area contributed by atoms with Crippen molar-refractivity contribution in [3.63, 3.8) is 0 Å². The lowest BCUT2D eigenvalue weighted by atomic mass is 10.2. The maximum Gasteiger partial charge on any atom is 0.254 e. The van der Waals surface area contributed by atoms with E-state index in [4.69, 9.17) is 9.47 Å². The normalized spacial score (nSPS) is 10.1. The summed E-state index contributed by atoms with van der Waals surface area (Å²) in [5.41, 5.74) is 0.0881. The molecule has 0 aromatic heterocycles. The van der Waals surface area contributed by atoms with Gasteiger partial charge >= 0.3 is 0 Å². The first-order chi connectivity index (χ1) is 11.9. The molecule has 132 valence electrons. The van der Waals surface area contributed by atoms with Crippen molar-refractivity contribution in [2.24, 2.45) is 0 Å². The van der Waals surface area contributed by atoms with Gasteiger partial charge in [0.05, 0.1) is 26.3 Å². The van der Waals surface area contributed by atoms with Gasteiger partial charge in [0.15, 0.2) is 11.5 Å². The summed E-state index contributed by atoms with van der Waals surface area (Å²) >= 11 is 0. The Morgan fingerprint density at radius 2 is 1.72 bits per heavy atom. The van der Waals surface area contributed by atoms with Crippen LogP contribution in [0.2, 0.25) is 0 Å². The minimum atomic E-state index is -1.00. The van der Waals surface area contributed by atoms with Gasteiger partial charge in [-0.05, 0) is 24.3 Å². The summed E-state index contributed by atoms with van der Waals surface area (Å²) < 4.78 is 36.5. The lowest BCUT2D eigenvalue weighted by molar-refractivity contribution is -0.115. The fraction of sp³-hybridized carbons (Fsp3) is 0.176. The zero-order valence-corrected chi connectivity index (χ0v) is 13.6. The zero-order chi connectivity index (χ0) is 18.4. The molecule has 0 aliphatic rings. The van der Waals surface area contributed by atoms with Crippen LogP contribution in [0.25, 0.3) is 0 Å². The monoisotopic (exact) mass is 350 g/mol. The number of carbonyl (C=O) groups is 2. The molecule has 0 fully saturated rings. The van der Waals surface area contributed by atoms with Gasteiger partial charge in [-0.2, -0.15) is 0 Å². The number of hydrogen-bond acceptors (Lipinski definition) is 4. The van der Waals surface area contributed by atoms with E-state index in [2.05, 4.69) is 10.6 Å². The summed E-state index contributed by atoms with van der Waals surface area (Å²) in [6.07, 6.45) is 0. The van der Waals surface area contributed by atoms with Crippen LogP contribution in [0.4, 0.5) is 14.5 Å². The molecule has 25 heavy (non-hydrogen) atoms. The van der Waals surface area contributed by atoms with Crippen LogP contribution < -0.4 is 20.1 Å². The summed E-state index contributed by atoms with van der Waals surface area (Å²) in [5.74, 6) is -2.21. The van der Waals surface area contributed by atoms with Gasteiger partial charge in [-0.1, -0.05) is 0 Å². The number of nitrogens with one attached hydrogen (secondary N) is 2. The van der Waals surface area contributed by atoms with E-state index in [1.54, 1.807) is 18.2 Å². The Kier molecular flexibility index (Phi) is 5.89. The van der Waals surface area contributed by atoms with Crippen LogP contribution in [0.5, 0.6) is 11.5 Å². The molecule has 2 N–H and O–H groups in total. The second kappa shape index (κ2) is 8.09. The van der Waals surface area contributed by atoms with Crippen molar-refractivity contribution < 1.29 is 27.8 Å². The lowest BCUT2D eigenvalue weighted by Gasteiger charge is -2.11. The number of carbonyl (C=O) groups excluding carboxylic acids is 2. The average Bonchev–Trinajstić information content (AvgIpc) is 2.59. The van der Waals surface area contributed by atoms with Crippen molar-refractivity contribution in [3.05, 3.63) is 53.6 Å². The molecule has 0 aliphatic carbocycles. The van der Waals surface area contributed by atoms with Gasteiger partial charge in [-0.25, -0.2) is 8.78 Å². The molecule has 2 aromatic rings. The van der Waals surface area contributed by atoms with Gasteiger partial charge in [-0.3, -0.25) is 9.59 Å². The molecule has 2 aromatic carbocycles. The maximum absolute atomic E-state index is 13.5. The minimum Gasteiger partial charge on any atom is -0.493 e. The number of hydrogen-bond donors (Lipinski definition) is 2. The molecule has 2 amide bonds. The third-order valence-corrected chi connectivity index (χ3v) is 3.25. The second-order valence-electron chi connectivity index (χ2n) is 4.92. The summed E-state index contributed by atoms with van der Waals surface area (Å²) in [7, 11) is 2.95. The van der Waals surface area contributed by atoms with Crippen LogP contribution in [0.1, 0.15) is 10.4 Å². The Morgan fingerprint density at radius 3 is 2.36 bits per heavy atom. The quantitative estimate of drug-likeness (QED) is 0.838. The van der Waals surface area contributed by atoms with Crippen molar-refractivity contribution in [1.82, 2.24) is 5.32 Å². The molecule has 2 rings (SSSR count). The lowest BCUT2D eigenvalue weighted by Crippen LogP contribution is -2.33. The molecule has 8 heteroatoms. The molecule has 6 nitrogen and oxygen atoms in total. The summed E-state index contributed by atoms with van der Waals surface area (Å²) in [4.78, 5) is 23.7. The van der Waals surface area contributed by atoms with E-state index in [0.717, 1.165) is 12.1 Å². The Labute approximate surface area is 142 Å². The first kappa shape index (κ1) is 18.2. The number of benzene rings is 2. The topological polar surface area (TPSA) is 76.7 Å². The third kappa shape index (κ3) is 4.66. The van der Waals surface area contributed by atoms with E-state index in [-0.39, 0.29) is 12.1 Å². The number of methoxy groups -OCH3 is 2. The highest BCUT2D eigenvalue weighted by atomic mass is 19.1. The standard InChI is InChI=1S/C17H16F2N2O4/c1-24-14-6-4-11(8-15(14)25-2)21-16(22)9-20-17(23)12-5-3-10(18)7-13(12)19/h3-8H,9H2,1-2H3,(H,20,23)(H,21,22). The third-order valence-electron chi connectivity index (χ3n) is 3.25. The van der Waals surface area contributed by atoms with E-state index < -0.39 is 23.4 Å². The fourth-order valence-electron chi connectivity index (χ4n) is 2.05. The molecular formula is C17H16F2N2O4. The average molecular weight is 350 g/mol. The Hall–Kier alpha value is -3.16. The molecule has 0 saturated carbocycles. The van der Waals surface area contributed by atoms with Crippen molar-refractivity contribution in [1.29, 1.82) is 0 Å². The van der Waals surface area contributed by atoms with E-state index in [1.165, 1.54) is 14.2 Å². The summed E-state index contributed by atoms with van der Waals surface area (Å²) in [6, 6.07) is 7.33. The first-order valence-corrected chi connectivity index (χ1v) is 7.19. The molecule has 0 aliphatic heterocycles. The van der Waals surface area contributed by atoms with E-state index in [0.29, 0.717) is 23.3 Å². The Bertz CT molecular complexity index is 796. The van der Waals surface area contributed by atoms with Crippen LogP contribution in [0.15, 0.2) is 36.4 Å². The summed E-state index contributed by atoms with van der Waals surface area (Å²) in [6.45, 7) is -0.385. The molecule has 0 unspecified atom stereocenters. The number of halogens is 2. The highest BCUT2D eigenvalue weighted by Crippen LogP contribution is 2.29. The number of anilines is 1. The predicted octanol–water partition coefficient (Wildman–Crippen LogP) is 2.35. The van der Waals surface area contributed by atoms with Crippen LogP contribution in [-0.2, 0) is 4.79 Å². The van der Waals surface area contributed by atoms with Crippen molar-refractivity contribution in [2.45, 2.75) is 0 Å². The predicted molar refractivity (Wildman–Crippen MR) is 86.9 cm³/mol. The van der Waals surface area contributed by atoms with Gasteiger partial charge in [-0.15, -0.1) is 0 Å². The Morgan fingerprint density at radius 1 is 1.00 bits per heavy atom. The van der Waals surface area contributed by atoms with Gasteiger partial charge < -0.3 is 20.1 Å². The molecule has 0 radical (unpaired) electrons. The maximum atomic E-state index is 13.5. The number of ether oxygens (including phenoxy) is 2. The first-order valence-electron chi connectivity index (χ1n) is 7.19. The van der Waals surface area contributed by atoms with E-state index in [9.17, 15) is 18.4 Å². The smallest absolute Gasteiger partial charge is 0.254 e. The van der Waals surface area contributed by atoms with Crippen molar-refractivity contribution in [2.75, 3.05) is 26.1 Å². The van der Waals surface area contributed by atoms with Crippen molar-refractivity contribution >= 4 is 17.5 Å². The zero-order valence-electron chi connectivity index (χ0n) is 13.6. The van der Waals surface area contributed by atoms with Crippen LogP contribution in [0.3, 0.4) is 0 Å². The van der Waals surface area contributed by atoms with Gasteiger partial charge in [0.25, 0.3) is 5.91 Å². The largest absolute Gasteiger partial charge is 0.493 e. The molecule has 0 spiro atoms. The van der Waals surface area contributed by atoms with Crippen molar-refractivity contribution in [3.8, 4) is 11.5 Å². The molecule has 0 heterocycles. The highest BCUT2D eigenvalue weighted by Gasteiger charge is 2.14. The SMILES string of the molecule is COc1ccc(NC(=O)CNC(=O)c2ccc(F)cc2F)cc1OC. The minimum absolute atomic E-state index is 0.347. The van der Waals surface area contributed by atoms with E-state index >= 15 is 0 Å². The molecule has 0 bridgehead atoms. The van der Waals surface area contributed by atoms with Crippen LogP contribution in [0, 0.1) is 11.6 Å². The van der Waals surface area contributed by atoms with E-state index in [1.807, 2.05) is 0 Å². The van der Waals surface area contributed by atoms with Crippen LogP contribution >= 0.6 is 0 Å². The Balaban J connectivity index is 1.95.